The Morgan fingerprint density at radius 3 is 1.09 bits per heavy atom. The fraction of sp³-hybridized carbons (Fsp3) is 1.00. The summed E-state index contributed by atoms with van der Waals surface area (Å²) in [5, 5.41) is 0. The number of rotatable bonds is 4. The molecule has 1 nitrogen and oxygen atoms in total. The Morgan fingerprint density at radius 1 is 0.727 bits per heavy atom. The van der Waals surface area contributed by atoms with Crippen LogP contribution in [0.2, 0.25) is 0 Å². The van der Waals surface area contributed by atoms with Crippen LogP contribution in [0.25, 0.3) is 0 Å². The molecule has 0 bridgehead atoms. The highest BCUT2D eigenvalue weighted by atomic mass is 19.1. The third-order valence-electron chi connectivity index (χ3n) is 2.04. The predicted octanol–water partition coefficient (Wildman–Crippen LogP) is 1.37. The average Bonchev–Trinajstić information content (AvgIpc) is 2.75. The van der Waals surface area contributed by atoms with E-state index in [0.29, 0.717) is 0 Å². The van der Waals surface area contributed by atoms with Gasteiger partial charge in [0.1, 0.15) is 26.7 Å². The van der Waals surface area contributed by atoms with Crippen LogP contribution >= 0.6 is 0 Å². The highest BCUT2D eigenvalue weighted by Gasteiger charge is 2.71. The van der Waals surface area contributed by atoms with Crippen molar-refractivity contribution in [1.82, 2.24) is 0 Å². The summed E-state index contributed by atoms with van der Waals surface area (Å²) in [5.41, 5.74) is -3.67. The van der Waals surface area contributed by atoms with Crippen LogP contribution in [-0.2, 0) is 4.74 Å². The van der Waals surface area contributed by atoms with E-state index in [1.54, 1.807) is 0 Å². The van der Waals surface area contributed by atoms with E-state index in [-0.39, 0.29) is 0 Å². The topological polar surface area (TPSA) is 12.5 Å². The largest absolute Gasteiger partial charge is 0.351 e. The summed E-state index contributed by atoms with van der Waals surface area (Å²) < 4.78 is 52.4. The minimum atomic E-state index is -1.84. The lowest BCUT2D eigenvalue weighted by Crippen LogP contribution is -2.33. The second-order valence-corrected chi connectivity index (χ2v) is 2.63. The molecule has 1 heterocycles. The van der Waals surface area contributed by atoms with Gasteiger partial charge in [-0.1, -0.05) is 0 Å². The Morgan fingerprint density at radius 2 is 1.00 bits per heavy atom. The zero-order valence-electron chi connectivity index (χ0n) is 5.75. The minimum absolute atomic E-state index is 1.18. The van der Waals surface area contributed by atoms with Crippen molar-refractivity contribution in [3.05, 3.63) is 0 Å². The summed E-state index contributed by atoms with van der Waals surface area (Å²) in [6, 6.07) is 0. The molecule has 0 aliphatic carbocycles. The molecule has 0 aromatic carbocycles. The van der Waals surface area contributed by atoms with Crippen molar-refractivity contribution in [3.8, 4) is 0 Å². The van der Waals surface area contributed by atoms with E-state index in [2.05, 4.69) is 4.74 Å². The van der Waals surface area contributed by atoms with Gasteiger partial charge < -0.3 is 4.74 Å². The highest BCUT2D eigenvalue weighted by molar-refractivity contribution is 5.16. The minimum Gasteiger partial charge on any atom is -0.351 e. The van der Waals surface area contributed by atoms with Gasteiger partial charge in [0.05, 0.1) is 0 Å². The van der Waals surface area contributed by atoms with E-state index in [1.165, 1.54) is 0 Å². The van der Waals surface area contributed by atoms with Crippen LogP contribution in [-0.4, -0.2) is 37.9 Å². The molecule has 0 unspecified atom stereocenters. The third kappa shape index (κ3) is 0.937. The zero-order valence-corrected chi connectivity index (χ0v) is 5.75. The number of hydrogen-bond donors (Lipinski definition) is 0. The first-order chi connectivity index (χ1) is 5.20. The Kier molecular flexibility index (Phi) is 2.09. The predicted molar refractivity (Wildman–Crippen MR) is 30.4 cm³/mol. The molecule has 1 aliphatic rings. The van der Waals surface area contributed by atoms with E-state index < -0.39 is 37.9 Å². The molecule has 0 aromatic rings. The van der Waals surface area contributed by atoms with Gasteiger partial charge in [-0.2, -0.15) is 0 Å². The van der Waals surface area contributed by atoms with Gasteiger partial charge in [-0.15, -0.1) is 0 Å². The van der Waals surface area contributed by atoms with Crippen molar-refractivity contribution in [2.24, 2.45) is 0 Å². The smallest absolute Gasteiger partial charge is 0.160 e. The van der Waals surface area contributed by atoms with Gasteiger partial charge in [-0.25, -0.2) is 17.6 Å². The molecule has 0 N–H and O–H groups in total. The molecule has 66 valence electrons. The van der Waals surface area contributed by atoms with Crippen molar-refractivity contribution in [2.45, 2.75) is 11.2 Å². The Balaban J connectivity index is 2.65. The van der Waals surface area contributed by atoms with Crippen molar-refractivity contribution in [1.29, 1.82) is 0 Å². The first-order valence-corrected chi connectivity index (χ1v) is 3.14. The molecular weight excluding hydrogens is 164 g/mol. The van der Waals surface area contributed by atoms with Crippen LogP contribution in [0.4, 0.5) is 17.6 Å². The van der Waals surface area contributed by atoms with Crippen molar-refractivity contribution >= 4 is 0 Å². The second kappa shape index (κ2) is 2.62. The molecule has 0 radical (unpaired) electrons. The first-order valence-electron chi connectivity index (χ1n) is 3.14. The SMILES string of the molecule is FCC1(CF)OC1(CF)CF. The van der Waals surface area contributed by atoms with Gasteiger partial charge in [0.15, 0.2) is 11.2 Å². The van der Waals surface area contributed by atoms with Crippen LogP contribution in [0, 0.1) is 0 Å². The van der Waals surface area contributed by atoms with Crippen LogP contribution in [0.5, 0.6) is 0 Å². The van der Waals surface area contributed by atoms with Gasteiger partial charge in [0, 0.05) is 0 Å². The normalized spacial score (nSPS) is 25.1. The van der Waals surface area contributed by atoms with Crippen molar-refractivity contribution < 1.29 is 22.3 Å². The summed E-state index contributed by atoms with van der Waals surface area (Å²) in [7, 11) is 0. The lowest BCUT2D eigenvalue weighted by molar-refractivity contribution is 0.181. The monoisotopic (exact) mass is 172 g/mol. The molecule has 0 aromatic heterocycles. The fourth-order valence-corrected chi connectivity index (χ4v) is 1.02. The molecule has 5 heteroatoms. The van der Waals surface area contributed by atoms with E-state index in [4.69, 9.17) is 0 Å². The molecule has 11 heavy (non-hydrogen) atoms. The quantitative estimate of drug-likeness (QED) is 0.461. The van der Waals surface area contributed by atoms with Gasteiger partial charge in [0.25, 0.3) is 0 Å². The average molecular weight is 172 g/mol. The maximum atomic E-state index is 12.0. The van der Waals surface area contributed by atoms with Gasteiger partial charge in [0.2, 0.25) is 0 Å². The first kappa shape index (κ1) is 8.77. The number of halogens is 4. The zero-order chi connectivity index (χ0) is 8.54. The van der Waals surface area contributed by atoms with Crippen molar-refractivity contribution in [2.75, 3.05) is 26.7 Å². The highest BCUT2D eigenvalue weighted by Crippen LogP contribution is 2.49. The Labute approximate surface area is 61.3 Å². The van der Waals surface area contributed by atoms with Crippen molar-refractivity contribution in [3.63, 3.8) is 0 Å². The maximum absolute atomic E-state index is 12.0. The lowest BCUT2D eigenvalue weighted by atomic mass is 9.97. The Hall–Kier alpha value is -0.320. The molecule has 1 fully saturated rings. The third-order valence-corrected chi connectivity index (χ3v) is 2.04. The van der Waals surface area contributed by atoms with Crippen LogP contribution in [0.3, 0.4) is 0 Å². The van der Waals surface area contributed by atoms with Gasteiger partial charge in [-0.05, 0) is 0 Å². The van der Waals surface area contributed by atoms with Gasteiger partial charge >= 0.3 is 0 Å². The molecule has 1 saturated heterocycles. The maximum Gasteiger partial charge on any atom is 0.160 e. The molecule has 0 amide bonds. The van der Waals surface area contributed by atoms with Crippen LogP contribution in [0.1, 0.15) is 0 Å². The molecular formula is C6H8F4O. The van der Waals surface area contributed by atoms with Crippen LogP contribution < -0.4 is 0 Å². The summed E-state index contributed by atoms with van der Waals surface area (Å²) in [6.45, 7) is -4.73. The van der Waals surface area contributed by atoms with E-state index >= 15 is 0 Å². The van der Waals surface area contributed by atoms with E-state index in [0.717, 1.165) is 0 Å². The van der Waals surface area contributed by atoms with Crippen LogP contribution in [0.15, 0.2) is 0 Å². The second-order valence-electron chi connectivity index (χ2n) is 2.63. The standard InChI is InChI=1S/C6H8F4O/c7-1-5(2-8)6(3-9,4-10)11-5/h1-4H2. The summed E-state index contributed by atoms with van der Waals surface area (Å²) in [5.74, 6) is 0. The van der Waals surface area contributed by atoms with E-state index in [1.807, 2.05) is 0 Å². The lowest BCUT2D eigenvalue weighted by Gasteiger charge is -2.06. The van der Waals surface area contributed by atoms with E-state index in [9.17, 15) is 17.6 Å². The summed E-state index contributed by atoms with van der Waals surface area (Å²) in [6.07, 6.45) is 0. The van der Waals surface area contributed by atoms with Gasteiger partial charge in [-0.3, -0.25) is 0 Å². The molecule has 1 aliphatic heterocycles. The summed E-state index contributed by atoms with van der Waals surface area (Å²) in [4.78, 5) is 0. The molecule has 0 atom stereocenters. The molecule has 0 saturated carbocycles. The Bertz CT molecular complexity index is 126. The fourth-order valence-electron chi connectivity index (χ4n) is 1.02. The number of epoxide rings is 1. The number of hydrogen-bond acceptors (Lipinski definition) is 1. The number of ether oxygens (including phenoxy) is 1. The molecule has 1 rings (SSSR count). The summed E-state index contributed by atoms with van der Waals surface area (Å²) >= 11 is 0. The molecule has 0 spiro atoms. The number of alkyl halides is 4.